The molecule has 0 aromatic carbocycles. The highest BCUT2D eigenvalue weighted by Gasteiger charge is 2.43. The molecule has 3 aromatic rings. The summed E-state index contributed by atoms with van der Waals surface area (Å²) in [6.45, 7) is 3.30. The van der Waals surface area contributed by atoms with Gasteiger partial charge >= 0.3 is 0 Å². The van der Waals surface area contributed by atoms with Crippen LogP contribution in [0.5, 0.6) is 0 Å². The molecule has 3 aromatic heterocycles. The fraction of sp³-hybridized carbons (Fsp3) is 0.375. The van der Waals surface area contributed by atoms with Gasteiger partial charge in [-0.2, -0.15) is 10.4 Å². The van der Waals surface area contributed by atoms with Crippen molar-refractivity contribution in [1.82, 2.24) is 25.2 Å². The average Bonchev–Trinajstić information content (AvgIpc) is 3.39. The first-order valence-electron chi connectivity index (χ1n) is 10.9. The Morgan fingerprint density at radius 1 is 1.26 bits per heavy atom. The number of fused-ring (bicyclic) bond motifs is 3. The lowest BCUT2D eigenvalue weighted by Gasteiger charge is -2.34. The number of hydrogen-bond acceptors (Lipinski definition) is 6. The molecule has 3 aliphatic rings. The van der Waals surface area contributed by atoms with Crippen molar-refractivity contribution in [2.45, 2.75) is 30.8 Å². The maximum absolute atomic E-state index is 9.64. The second-order valence-corrected chi connectivity index (χ2v) is 8.69. The van der Waals surface area contributed by atoms with Gasteiger partial charge in [0.15, 0.2) is 0 Å². The molecule has 2 fully saturated rings. The van der Waals surface area contributed by atoms with E-state index < -0.39 is 0 Å². The second kappa shape index (κ2) is 7.27. The Balaban J connectivity index is 1.45. The van der Waals surface area contributed by atoms with Crippen LogP contribution in [0, 0.1) is 11.3 Å². The van der Waals surface area contributed by atoms with Crippen molar-refractivity contribution in [2.75, 3.05) is 26.3 Å². The molecule has 2 unspecified atom stereocenters. The van der Waals surface area contributed by atoms with Crippen LogP contribution in [0.25, 0.3) is 22.2 Å². The maximum Gasteiger partial charge on any atom is 0.103 e. The normalized spacial score (nSPS) is 25.4. The summed E-state index contributed by atoms with van der Waals surface area (Å²) in [5, 5.41) is 21.4. The molecule has 3 aliphatic heterocycles. The number of hydrogen-bond donors (Lipinski definition) is 2. The SMILES string of the molecule is N#Cc1cnn2cc(C3=CCOCC3)cc(-c3ccc(C45CCC(CNC4)N5)nc3)c12. The minimum absolute atomic E-state index is 0.0695. The van der Waals surface area contributed by atoms with E-state index in [2.05, 4.69) is 46.1 Å². The third-order valence-electron chi connectivity index (χ3n) is 6.85. The van der Waals surface area contributed by atoms with E-state index in [0.29, 0.717) is 18.2 Å². The number of pyridine rings is 2. The van der Waals surface area contributed by atoms with Crippen LogP contribution in [-0.2, 0) is 10.3 Å². The molecule has 2 bridgehead atoms. The largest absolute Gasteiger partial charge is 0.377 e. The summed E-state index contributed by atoms with van der Waals surface area (Å²) < 4.78 is 7.30. The van der Waals surface area contributed by atoms with Crippen LogP contribution in [0.1, 0.15) is 36.1 Å². The Morgan fingerprint density at radius 2 is 2.23 bits per heavy atom. The Kier molecular flexibility index (Phi) is 4.39. The molecule has 6 heterocycles. The molecular formula is C24H24N6O. The highest BCUT2D eigenvalue weighted by Crippen LogP contribution is 2.36. The Labute approximate surface area is 180 Å². The van der Waals surface area contributed by atoms with Crippen LogP contribution >= 0.6 is 0 Å². The number of rotatable bonds is 3. The molecule has 2 N–H and O–H groups in total. The van der Waals surface area contributed by atoms with Crippen LogP contribution in [0.4, 0.5) is 0 Å². The number of nitrogens with zero attached hydrogens (tertiary/aromatic N) is 4. The fourth-order valence-electron chi connectivity index (χ4n) is 5.23. The van der Waals surface area contributed by atoms with Gasteiger partial charge < -0.3 is 15.4 Å². The molecular weight excluding hydrogens is 388 g/mol. The third kappa shape index (κ3) is 3.07. The average molecular weight is 412 g/mol. The first-order chi connectivity index (χ1) is 15.3. The lowest BCUT2D eigenvalue weighted by atomic mass is 9.91. The van der Waals surface area contributed by atoms with Gasteiger partial charge in [0.05, 0.1) is 41.7 Å². The Morgan fingerprint density at radius 3 is 3.03 bits per heavy atom. The molecule has 156 valence electrons. The second-order valence-electron chi connectivity index (χ2n) is 8.69. The van der Waals surface area contributed by atoms with E-state index >= 15 is 0 Å². The van der Waals surface area contributed by atoms with Gasteiger partial charge in [-0.1, -0.05) is 12.1 Å². The van der Waals surface area contributed by atoms with Crippen LogP contribution in [0.15, 0.2) is 42.9 Å². The van der Waals surface area contributed by atoms with Gasteiger partial charge in [0.1, 0.15) is 6.07 Å². The zero-order valence-electron chi connectivity index (χ0n) is 17.3. The zero-order chi connectivity index (χ0) is 20.8. The van der Waals surface area contributed by atoms with Gasteiger partial charge in [0.2, 0.25) is 0 Å². The van der Waals surface area contributed by atoms with Crippen LogP contribution < -0.4 is 10.6 Å². The molecule has 0 spiro atoms. The van der Waals surface area contributed by atoms with Crippen LogP contribution in [-0.4, -0.2) is 46.9 Å². The van der Waals surface area contributed by atoms with Crippen molar-refractivity contribution in [3.63, 3.8) is 0 Å². The molecule has 0 saturated carbocycles. The van der Waals surface area contributed by atoms with Gasteiger partial charge in [-0.15, -0.1) is 0 Å². The number of aromatic nitrogens is 3. The van der Waals surface area contributed by atoms with Crippen LogP contribution in [0.3, 0.4) is 0 Å². The van der Waals surface area contributed by atoms with Crippen molar-refractivity contribution in [3.8, 4) is 17.2 Å². The summed E-state index contributed by atoms with van der Waals surface area (Å²) in [6.07, 6.45) is 10.9. The summed E-state index contributed by atoms with van der Waals surface area (Å²) in [5.41, 5.74) is 6.75. The van der Waals surface area contributed by atoms with Gasteiger partial charge in [-0.25, -0.2) is 4.52 Å². The topological polar surface area (TPSA) is 87.3 Å². The summed E-state index contributed by atoms with van der Waals surface area (Å²) in [4.78, 5) is 4.89. The van der Waals surface area contributed by atoms with E-state index in [1.807, 2.05) is 16.9 Å². The fourth-order valence-corrected chi connectivity index (χ4v) is 5.23. The van der Waals surface area contributed by atoms with Crippen molar-refractivity contribution in [3.05, 3.63) is 59.7 Å². The standard InChI is InChI=1S/C24H24N6O/c25-10-19-12-28-30-14-18(16-4-7-31-8-5-16)9-21(23(19)30)17-1-2-22(27-11-17)24-6-3-20(29-24)13-26-15-24/h1-2,4,9,11-12,14,20,26,29H,3,5-8,13,15H2. The summed E-state index contributed by atoms with van der Waals surface area (Å²) in [5.74, 6) is 0. The highest BCUT2D eigenvalue weighted by atomic mass is 16.5. The molecule has 2 saturated heterocycles. The molecule has 31 heavy (non-hydrogen) atoms. The predicted octanol–water partition coefficient (Wildman–Crippen LogP) is 2.62. The summed E-state index contributed by atoms with van der Waals surface area (Å²) in [6, 6.07) is 9.25. The molecule has 6 rings (SSSR count). The molecule has 7 nitrogen and oxygen atoms in total. The van der Waals surface area contributed by atoms with Crippen molar-refractivity contribution >= 4 is 11.1 Å². The number of piperazine rings is 1. The summed E-state index contributed by atoms with van der Waals surface area (Å²) >= 11 is 0. The monoisotopic (exact) mass is 412 g/mol. The van der Waals surface area contributed by atoms with Gasteiger partial charge in [0.25, 0.3) is 0 Å². The van der Waals surface area contributed by atoms with E-state index in [4.69, 9.17) is 9.72 Å². The quantitative estimate of drug-likeness (QED) is 0.688. The molecule has 0 aliphatic carbocycles. The lowest BCUT2D eigenvalue weighted by Crippen LogP contribution is -2.56. The van der Waals surface area contributed by atoms with E-state index in [0.717, 1.165) is 60.4 Å². The van der Waals surface area contributed by atoms with E-state index in [-0.39, 0.29) is 5.54 Å². The lowest BCUT2D eigenvalue weighted by molar-refractivity contribution is 0.161. The first kappa shape index (κ1) is 18.7. The third-order valence-corrected chi connectivity index (χ3v) is 6.85. The van der Waals surface area contributed by atoms with E-state index in [9.17, 15) is 5.26 Å². The Bertz CT molecular complexity index is 1220. The number of nitrogens with one attached hydrogen (secondary N) is 2. The molecule has 7 heteroatoms. The smallest absolute Gasteiger partial charge is 0.103 e. The predicted molar refractivity (Wildman–Crippen MR) is 117 cm³/mol. The Hall–Kier alpha value is -3.05. The highest BCUT2D eigenvalue weighted by molar-refractivity contribution is 5.86. The van der Waals surface area contributed by atoms with Crippen molar-refractivity contribution in [1.29, 1.82) is 5.26 Å². The van der Waals surface area contributed by atoms with E-state index in [1.54, 1.807) is 6.20 Å². The first-order valence-corrected chi connectivity index (χ1v) is 10.9. The number of ether oxygens (including phenoxy) is 1. The van der Waals surface area contributed by atoms with Crippen molar-refractivity contribution in [2.24, 2.45) is 0 Å². The molecule has 0 amide bonds. The minimum atomic E-state index is -0.0695. The van der Waals surface area contributed by atoms with Crippen molar-refractivity contribution < 1.29 is 4.74 Å². The van der Waals surface area contributed by atoms with Gasteiger partial charge in [-0.05, 0) is 42.5 Å². The van der Waals surface area contributed by atoms with Gasteiger partial charge in [-0.3, -0.25) is 4.98 Å². The summed E-state index contributed by atoms with van der Waals surface area (Å²) in [7, 11) is 0. The maximum atomic E-state index is 9.64. The van der Waals surface area contributed by atoms with Crippen LogP contribution in [0.2, 0.25) is 0 Å². The number of nitriles is 1. The van der Waals surface area contributed by atoms with Gasteiger partial charge in [0, 0.05) is 42.7 Å². The van der Waals surface area contributed by atoms with E-state index in [1.165, 1.54) is 12.0 Å². The molecule has 2 atom stereocenters. The molecule has 0 radical (unpaired) electrons. The minimum Gasteiger partial charge on any atom is -0.377 e. The zero-order valence-corrected chi connectivity index (χ0v) is 17.3.